The molecule has 164 valence electrons. The standard InChI is InChI=1S/C25H25N3O4/c1-15-7-10-22-21(12-15)24(30)28(19-9-8-16(2)17(3)13-19)25(31)27(22)18(4)23(29)26-14-20-6-5-11-32-20/h5-13,18H,14H2,1-4H3,(H,26,29). The number of fused-ring (bicyclic) bond motifs is 1. The topological polar surface area (TPSA) is 86.2 Å². The highest BCUT2D eigenvalue weighted by Gasteiger charge is 2.23. The Labute approximate surface area is 184 Å². The minimum atomic E-state index is -0.846. The maximum absolute atomic E-state index is 13.6. The molecule has 0 aliphatic heterocycles. The molecule has 0 aliphatic carbocycles. The Hall–Kier alpha value is -3.87. The van der Waals surface area contributed by atoms with Gasteiger partial charge in [0.15, 0.2) is 0 Å². The summed E-state index contributed by atoms with van der Waals surface area (Å²) in [6.07, 6.45) is 1.53. The van der Waals surface area contributed by atoms with Crippen molar-refractivity contribution in [3.63, 3.8) is 0 Å². The highest BCUT2D eigenvalue weighted by molar-refractivity contribution is 5.84. The molecule has 0 bridgehead atoms. The minimum absolute atomic E-state index is 0.207. The first-order valence-electron chi connectivity index (χ1n) is 10.4. The van der Waals surface area contributed by atoms with Crippen molar-refractivity contribution in [1.29, 1.82) is 0 Å². The van der Waals surface area contributed by atoms with E-state index in [1.165, 1.54) is 10.8 Å². The van der Waals surface area contributed by atoms with E-state index >= 15 is 0 Å². The van der Waals surface area contributed by atoms with Crippen LogP contribution in [0, 0.1) is 20.8 Å². The Morgan fingerprint density at radius 2 is 1.81 bits per heavy atom. The van der Waals surface area contributed by atoms with Gasteiger partial charge in [-0.2, -0.15) is 0 Å². The van der Waals surface area contributed by atoms with Crippen LogP contribution >= 0.6 is 0 Å². The summed E-state index contributed by atoms with van der Waals surface area (Å²) in [6.45, 7) is 7.63. The van der Waals surface area contributed by atoms with Crippen LogP contribution in [0.5, 0.6) is 0 Å². The Kier molecular flexibility index (Phi) is 5.57. The lowest BCUT2D eigenvalue weighted by Crippen LogP contribution is -2.43. The molecule has 0 aliphatic rings. The Morgan fingerprint density at radius 1 is 1.03 bits per heavy atom. The van der Waals surface area contributed by atoms with Crippen LogP contribution in [0.4, 0.5) is 0 Å². The predicted octanol–water partition coefficient (Wildman–Crippen LogP) is 3.55. The normalized spacial score (nSPS) is 12.1. The number of nitrogens with zero attached hydrogens (tertiary/aromatic N) is 2. The molecule has 2 aromatic heterocycles. The van der Waals surface area contributed by atoms with E-state index in [4.69, 9.17) is 4.42 Å². The van der Waals surface area contributed by atoms with Gasteiger partial charge in [0.25, 0.3) is 5.56 Å². The van der Waals surface area contributed by atoms with Crippen LogP contribution in [0.25, 0.3) is 16.6 Å². The summed E-state index contributed by atoms with van der Waals surface area (Å²) in [5.41, 5.74) is 2.85. The van der Waals surface area contributed by atoms with E-state index < -0.39 is 17.3 Å². The average Bonchev–Trinajstić information content (AvgIpc) is 3.28. The van der Waals surface area contributed by atoms with Crippen LogP contribution < -0.4 is 16.6 Å². The number of nitrogens with one attached hydrogen (secondary N) is 1. The second-order valence-corrected chi connectivity index (χ2v) is 8.06. The maximum atomic E-state index is 13.6. The van der Waals surface area contributed by atoms with Crippen LogP contribution in [0.1, 0.15) is 35.4 Å². The fraction of sp³-hybridized carbons (Fsp3) is 0.240. The van der Waals surface area contributed by atoms with E-state index in [-0.39, 0.29) is 12.5 Å². The fourth-order valence-corrected chi connectivity index (χ4v) is 3.77. The SMILES string of the molecule is Cc1ccc2c(c1)c(=O)n(-c1ccc(C)c(C)c1)c(=O)n2C(C)C(=O)NCc1ccco1. The van der Waals surface area contributed by atoms with Crippen molar-refractivity contribution in [2.45, 2.75) is 40.3 Å². The van der Waals surface area contributed by atoms with Gasteiger partial charge in [-0.05, 0) is 75.2 Å². The second kappa shape index (κ2) is 8.34. The largest absolute Gasteiger partial charge is 0.467 e. The zero-order chi connectivity index (χ0) is 23.0. The molecule has 0 saturated heterocycles. The third-order valence-corrected chi connectivity index (χ3v) is 5.77. The Morgan fingerprint density at radius 3 is 2.50 bits per heavy atom. The molecule has 1 atom stereocenters. The quantitative estimate of drug-likeness (QED) is 0.524. The summed E-state index contributed by atoms with van der Waals surface area (Å²) < 4.78 is 7.78. The van der Waals surface area contributed by atoms with Gasteiger partial charge in [-0.25, -0.2) is 9.36 Å². The summed E-state index contributed by atoms with van der Waals surface area (Å²) in [5, 5.41) is 3.18. The molecule has 2 aromatic carbocycles. The molecule has 1 unspecified atom stereocenters. The van der Waals surface area contributed by atoms with Crippen molar-refractivity contribution < 1.29 is 9.21 Å². The van der Waals surface area contributed by atoms with Crippen molar-refractivity contribution in [2.75, 3.05) is 0 Å². The number of amides is 1. The molecule has 0 spiro atoms. The molecular weight excluding hydrogens is 406 g/mol. The average molecular weight is 431 g/mol. The molecule has 1 N–H and O–H groups in total. The first kappa shape index (κ1) is 21.4. The summed E-state index contributed by atoms with van der Waals surface area (Å²) in [6, 6.07) is 13.4. The third kappa shape index (κ3) is 3.77. The zero-order valence-corrected chi connectivity index (χ0v) is 18.5. The number of furan rings is 1. The first-order valence-corrected chi connectivity index (χ1v) is 10.4. The number of hydrogen-bond acceptors (Lipinski definition) is 4. The van der Waals surface area contributed by atoms with Crippen molar-refractivity contribution in [1.82, 2.24) is 14.5 Å². The first-order chi connectivity index (χ1) is 15.3. The second-order valence-electron chi connectivity index (χ2n) is 8.06. The molecule has 1 amide bonds. The molecular formula is C25H25N3O4. The third-order valence-electron chi connectivity index (χ3n) is 5.77. The van der Waals surface area contributed by atoms with Gasteiger partial charge in [0.2, 0.25) is 5.91 Å². The van der Waals surface area contributed by atoms with Crippen molar-refractivity contribution in [3.05, 3.63) is 98.1 Å². The van der Waals surface area contributed by atoms with E-state index in [0.29, 0.717) is 22.4 Å². The maximum Gasteiger partial charge on any atom is 0.336 e. The number of rotatable bonds is 5. The number of hydrogen-bond donors (Lipinski definition) is 1. The summed E-state index contributed by atoms with van der Waals surface area (Å²) in [5.74, 6) is 0.258. The van der Waals surface area contributed by atoms with Crippen LogP contribution in [0.15, 0.2) is 68.8 Å². The van der Waals surface area contributed by atoms with Crippen LogP contribution in [0.2, 0.25) is 0 Å². The van der Waals surface area contributed by atoms with Gasteiger partial charge in [-0.3, -0.25) is 14.2 Å². The molecule has 7 heteroatoms. The number of carbonyl (C=O) groups excluding carboxylic acids is 1. The molecule has 32 heavy (non-hydrogen) atoms. The molecule has 4 rings (SSSR count). The smallest absolute Gasteiger partial charge is 0.336 e. The molecule has 7 nitrogen and oxygen atoms in total. The van der Waals surface area contributed by atoms with Gasteiger partial charge < -0.3 is 9.73 Å². The van der Waals surface area contributed by atoms with Crippen LogP contribution in [-0.2, 0) is 11.3 Å². The summed E-state index contributed by atoms with van der Waals surface area (Å²) >= 11 is 0. The van der Waals surface area contributed by atoms with E-state index in [2.05, 4.69) is 5.32 Å². The fourth-order valence-electron chi connectivity index (χ4n) is 3.77. The Balaban J connectivity index is 1.89. The molecule has 2 heterocycles. The van der Waals surface area contributed by atoms with Gasteiger partial charge in [0, 0.05) is 0 Å². The van der Waals surface area contributed by atoms with E-state index in [1.807, 2.05) is 39.0 Å². The zero-order valence-electron chi connectivity index (χ0n) is 18.5. The summed E-state index contributed by atoms with van der Waals surface area (Å²) in [4.78, 5) is 39.9. The number of benzene rings is 2. The van der Waals surface area contributed by atoms with Gasteiger partial charge in [0.1, 0.15) is 11.8 Å². The Bertz CT molecular complexity index is 1430. The summed E-state index contributed by atoms with van der Waals surface area (Å²) in [7, 11) is 0. The molecule has 0 radical (unpaired) electrons. The van der Waals surface area contributed by atoms with Crippen LogP contribution in [0.3, 0.4) is 0 Å². The lowest BCUT2D eigenvalue weighted by atomic mass is 10.1. The van der Waals surface area contributed by atoms with Gasteiger partial charge in [0.05, 0.1) is 29.4 Å². The van der Waals surface area contributed by atoms with Crippen molar-refractivity contribution >= 4 is 16.8 Å². The number of aryl methyl sites for hydroxylation is 3. The minimum Gasteiger partial charge on any atom is -0.467 e. The number of carbonyl (C=O) groups is 1. The predicted molar refractivity (Wildman–Crippen MR) is 123 cm³/mol. The highest BCUT2D eigenvalue weighted by Crippen LogP contribution is 2.18. The van der Waals surface area contributed by atoms with Gasteiger partial charge in [-0.1, -0.05) is 17.7 Å². The lowest BCUT2D eigenvalue weighted by molar-refractivity contribution is -0.124. The van der Waals surface area contributed by atoms with E-state index in [0.717, 1.165) is 21.3 Å². The van der Waals surface area contributed by atoms with E-state index in [9.17, 15) is 14.4 Å². The molecule has 0 saturated carbocycles. The highest BCUT2D eigenvalue weighted by atomic mass is 16.3. The van der Waals surface area contributed by atoms with Crippen molar-refractivity contribution in [2.24, 2.45) is 0 Å². The molecule has 0 fully saturated rings. The molecule has 4 aromatic rings. The lowest BCUT2D eigenvalue weighted by Gasteiger charge is -2.20. The number of aromatic nitrogens is 2. The monoisotopic (exact) mass is 431 g/mol. The van der Waals surface area contributed by atoms with E-state index in [1.54, 1.807) is 37.3 Å². The van der Waals surface area contributed by atoms with Crippen molar-refractivity contribution in [3.8, 4) is 5.69 Å². The van der Waals surface area contributed by atoms with Crippen LogP contribution in [-0.4, -0.2) is 15.0 Å². The van der Waals surface area contributed by atoms with Gasteiger partial charge >= 0.3 is 5.69 Å². The van der Waals surface area contributed by atoms with Gasteiger partial charge in [-0.15, -0.1) is 0 Å².